The lowest BCUT2D eigenvalue weighted by Crippen LogP contribution is -2.64. The lowest BCUT2D eigenvalue weighted by Gasteiger charge is -2.34. The Morgan fingerprint density at radius 2 is 1.14 bits per heavy atom. The van der Waals surface area contributed by atoms with Crippen molar-refractivity contribution < 1.29 is 92.2 Å². The Labute approximate surface area is 581 Å². The molecule has 100 heavy (non-hydrogen) atoms. The van der Waals surface area contributed by atoms with Crippen LogP contribution in [0.2, 0.25) is 0 Å². The first-order valence-corrected chi connectivity index (χ1v) is 33.2. The number of carbonyl (C=O) groups is 13. The highest BCUT2D eigenvalue weighted by atomic mass is 16.6. The molecule has 0 radical (unpaired) electrons. The third-order valence-electron chi connectivity index (χ3n) is 15.9. The SMILES string of the molecule is CC[C@H](C)[C@@H]1NC(=O)[C@@H](CCCN=C(N)N)NC(=O)[C@H](CC(C)C)NC(=O)[C@H]([C@H](O)C(C)C)NC(=O)[C@@H](NC(=O)[C@H](CC(C)C)NC(=O)[C@@H](CC(C)C)NC(=O)OCc2ccccc2)[C@@H](c2ccccc2)OC(=O)[C@H](CO)NC(=O)[C@H]([C@H](O)C(N)=O)NC(=O)CNC(=O)[C@H]([C@H](C)O)NC1=O. The van der Waals surface area contributed by atoms with E-state index in [0.29, 0.717) is 5.56 Å². The summed E-state index contributed by atoms with van der Waals surface area (Å²) in [5.41, 5.74) is 17.0. The normalized spacial score (nSPS) is 23.3. The number of alkyl carbamates (subject to hydrolysis) is 1. The van der Waals surface area contributed by atoms with Crippen LogP contribution in [0.4, 0.5) is 4.79 Å². The van der Waals surface area contributed by atoms with E-state index < -0.39 is 199 Å². The minimum absolute atomic E-state index is 0.0246. The number of guanidine groups is 1. The molecule has 556 valence electrons. The van der Waals surface area contributed by atoms with E-state index in [1.807, 2.05) is 10.6 Å². The molecular weight excluding hydrogens is 1310 g/mol. The maximum Gasteiger partial charge on any atom is 0.408 e. The summed E-state index contributed by atoms with van der Waals surface area (Å²) in [6.45, 7) is 14.9. The first-order valence-electron chi connectivity index (χ1n) is 33.2. The van der Waals surface area contributed by atoms with Gasteiger partial charge in [0, 0.05) is 6.54 Å². The molecule has 0 aromatic heterocycles. The molecule has 12 amide bonds. The summed E-state index contributed by atoms with van der Waals surface area (Å²) in [5, 5.41) is 71.0. The number of benzene rings is 2. The molecule has 1 aliphatic heterocycles. The highest BCUT2D eigenvalue weighted by molar-refractivity contribution is 6.00. The summed E-state index contributed by atoms with van der Waals surface area (Å²) >= 11 is 0. The van der Waals surface area contributed by atoms with Crippen LogP contribution in [0.1, 0.15) is 132 Å². The Balaban J connectivity index is 2.41. The van der Waals surface area contributed by atoms with Gasteiger partial charge in [-0.15, -0.1) is 0 Å². The zero-order chi connectivity index (χ0) is 75.2. The highest BCUT2D eigenvalue weighted by Gasteiger charge is 2.44. The van der Waals surface area contributed by atoms with Gasteiger partial charge in [-0.3, -0.25) is 57.7 Å². The van der Waals surface area contributed by atoms with Gasteiger partial charge in [0.15, 0.2) is 24.2 Å². The molecule has 0 saturated carbocycles. The summed E-state index contributed by atoms with van der Waals surface area (Å²) < 4.78 is 11.4. The third-order valence-corrected chi connectivity index (χ3v) is 15.9. The maximum atomic E-state index is 15.6. The average Bonchev–Trinajstić information content (AvgIpc) is 0.813. The van der Waals surface area contributed by atoms with Gasteiger partial charge >= 0.3 is 12.1 Å². The number of hydrogen-bond acceptors (Lipinski definition) is 20. The lowest BCUT2D eigenvalue weighted by atomic mass is 9.95. The molecular formula is C66H103N15O19. The number of aliphatic imine (C=N–C) groups is 1. The third kappa shape index (κ3) is 28.0. The van der Waals surface area contributed by atoms with Gasteiger partial charge in [0.1, 0.15) is 61.0 Å². The lowest BCUT2D eigenvalue weighted by molar-refractivity contribution is -0.159. The van der Waals surface area contributed by atoms with E-state index in [9.17, 15) is 68.4 Å². The molecule has 15 atom stereocenters. The number of amides is 12. The van der Waals surface area contributed by atoms with E-state index in [1.165, 1.54) is 44.2 Å². The number of aliphatic hydroxyl groups is 4. The van der Waals surface area contributed by atoms with Crippen LogP contribution in [0.3, 0.4) is 0 Å². The summed E-state index contributed by atoms with van der Waals surface area (Å²) in [7, 11) is 0. The molecule has 0 aliphatic carbocycles. The van der Waals surface area contributed by atoms with E-state index in [0.717, 1.165) is 6.92 Å². The molecule has 1 aliphatic rings. The van der Waals surface area contributed by atoms with Crippen LogP contribution < -0.4 is 75.7 Å². The summed E-state index contributed by atoms with van der Waals surface area (Å²) in [6.07, 6.45) is -9.53. The molecule has 21 N–H and O–H groups in total. The number of hydrogen-bond donors (Lipinski definition) is 18. The molecule has 0 bridgehead atoms. The molecule has 0 spiro atoms. The average molecular weight is 1410 g/mol. The number of primary amides is 1. The fourth-order valence-corrected chi connectivity index (χ4v) is 10.2. The molecule has 1 heterocycles. The fourth-order valence-electron chi connectivity index (χ4n) is 10.2. The molecule has 1 fully saturated rings. The number of rotatable bonds is 26. The van der Waals surface area contributed by atoms with Gasteiger partial charge in [0.2, 0.25) is 65.0 Å². The summed E-state index contributed by atoms with van der Waals surface area (Å²) in [6, 6.07) is -2.82. The van der Waals surface area contributed by atoms with Gasteiger partial charge < -0.3 is 106 Å². The summed E-state index contributed by atoms with van der Waals surface area (Å²) in [4.78, 5) is 190. The van der Waals surface area contributed by atoms with Crippen LogP contribution in [0, 0.1) is 29.6 Å². The Bertz CT molecular complexity index is 3120. The van der Waals surface area contributed by atoms with Gasteiger partial charge in [0.05, 0.1) is 25.4 Å². The quantitative estimate of drug-likeness (QED) is 0.0188. The van der Waals surface area contributed by atoms with E-state index in [4.69, 9.17) is 26.7 Å². The van der Waals surface area contributed by atoms with Gasteiger partial charge in [-0.05, 0) is 79.7 Å². The van der Waals surface area contributed by atoms with Crippen molar-refractivity contribution >= 4 is 83.0 Å². The number of aliphatic hydroxyl groups excluding tert-OH is 4. The maximum absolute atomic E-state index is 15.6. The fraction of sp³-hybridized carbons (Fsp3) is 0.606. The minimum Gasteiger partial charge on any atom is -0.453 e. The molecule has 34 heteroatoms. The van der Waals surface area contributed by atoms with Crippen LogP contribution in [0.15, 0.2) is 65.7 Å². The molecule has 2 aromatic carbocycles. The van der Waals surface area contributed by atoms with Crippen LogP contribution in [-0.4, -0.2) is 202 Å². The second kappa shape index (κ2) is 41.8. The van der Waals surface area contributed by atoms with Gasteiger partial charge in [0.25, 0.3) is 0 Å². The van der Waals surface area contributed by atoms with Crippen molar-refractivity contribution in [1.29, 1.82) is 0 Å². The topological polar surface area (TPSA) is 544 Å². The number of nitrogens with one attached hydrogen (secondary N) is 11. The molecule has 3 rings (SSSR count). The minimum atomic E-state index is -2.60. The van der Waals surface area contributed by atoms with Crippen molar-refractivity contribution in [2.75, 3.05) is 19.7 Å². The van der Waals surface area contributed by atoms with Crippen molar-refractivity contribution in [3.8, 4) is 0 Å². The number of ether oxygens (including phenoxy) is 2. The molecule has 1 saturated heterocycles. The second-order valence-electron chi connectivity index (χ2n) is 26.2. The Kier molecular flexibility index (Phi) is 35.4. The van der Waals surface area contributed by atoms with E-state index in [-0.39, 0.29) is 69.1 Å². The molecule has 2 aromatic rings. The van der Waals surface area contributed by atoms with E-state index >= 15 is 14.4 Å². The first-order chi connectivity index (χ1) is 47.0. The Morgan fingerprint density at radius 1 is 0.610 bits per heavy atom. The van der Waals surface area contributed by atoms with Crippen LogP contribution >= 0.6 is 0 Å². The predicted molar refractivity (Wildman–Crippen MR) is 362 cm³/mol. The van der Waals surface area contributed by atoms with Crippen molar-refractivity contribution in [2.24, 2.45) is 51.8 Å². The smallest absolute Gasteiger partial charge is 0.408 e. The van der Waals surface area contributed by atoms with E-state index in [2.05, 4.69) is 52.8 Å². The van der Waals surface area contributed by atoms with Crippen LogP contribution in [-0.2, 0) is 73.6 Å². The van der Waals surface area contributed by atoms with Crippen LogP contribution in [0.5, 0.6) is 0 Å². The zero-order valence-electron chi connectivity index (χ0n) is 58.4. The zero-order valence-corrected chi connectivity index (χ0v) is 58.4. The van der Waals surface area contributed by atoms with Crippen molar-refractivity contribution in [3.63, 3.8) is 0 Å². The number of esters is 1. The highest BCUT2D eigenvalue weighted by Crippen LogP contribution is 2.25. The van der Waals surface area contributed by atoms with Crippen molar-refractivity contribution in [1.82, 2.24) is 58.5 Å². The Morgan fingerprint density at radius 3 is 1.68 bits per heavy atom. The first kappa shape index (κ1) is 84.7. The largest absolute Gasteiger partial charge is 0.453 e. The van der Waals surface area contributed by atoms with Crippen LogP contribution in [0.25, 0.3) is 0 Å². The Hall–Kier alpha value is -9.54. The number of nitrogens with zero attached hydrogens (tertiary/aromatic N) is 1. The summed E-state index contributed by atoms with van der Waals surface area (Å²) in [5.74, 6) is -18.0. The standard InChI is InChI=1S/C66H103N15O19/c1-12-36(10)46-60(93)79-47(37(11)83)59(92)71-29-45(84)77-49(52(86)54(67)87)62(95)75-44(30-82)64(97)100-53(39-22-17-14-18-23-39)50(81-58(91)42(27-33(4)5)73-57(90)43(28-34(6)7)76-66(98)99-31-38-20-15-13-16-21-38)63(96)80-48(51(85)35(8)9)61(94)74-41(26-32(2)3)56(89)72-40(55(88)78-46)24-19-25-70-65(68)69/h13-18,20-23,32-37,40-44,46-53,82-83,85-86H,12,19,24-31H2,1-11H3,(H2,67,87)(H,71,92)(H,72,89)(H,73,90)(H,74,94)(H,75,95)(H,76,98)(H,77,84)(H,78,88)(H,79,93)(H,80,96)(H,81,91)(H4,68,69,70)/t36-,37-,40+,41-,42-,43+,44-,46-,47-,48-,49-,50-,51+,52-,53+/m0/s1. The van der Waals surface area contributed by atoms with Crippen molar-refractivity contribution in [3.05, 3.63) is 71.8 Å². The molecule has 0 unspecified atom stereocenters. The molecule has 34 nitrogen and oxygen atoms in total. The predicted octanol–water partition coefficient (Wildman–Crippen LogP) is -3.47. The number of nitrogens with two attached hydrogens (primary N) is 3. The van der Waals surface area contributed by atoms with E-state index in [1.54, 1.807) is 85.7 Å². The van der Waals surface area contributed by atoms with Gasteiger partial charge in [-0.25, -0.2) is 9.59 Å². The van der Waals surface area contributed by atoms with Crippen molar-refractivity contribution in [2.45, 2.75) is 206 Å². The number of carbonyl (C=O) groups excluding carboxylic acids is 13. The van der Waals surface area contributed by atoms with Gasteiger partial charge in [-0.2, -0.15) is 0 Å². The number of cyclic esters (lactones) is 1. The van der Waals surface area contributed by atoms with Gasteiger partial charge in [-0.1, -0.05) is 136 Å². The monoisotopic (exact) mass is 1410 g/mol. The second-order valence-corrected chi connectivity index (χ2v) is 26.2.